The van der Waals surface area contributed by atoms with Gasteiger partial charge in [-0.15, -0.1) is 0 Å². The molecule has 0 amide bonds. The highest BCUT2D eigenvalue weighted by molar-refractivity contribution is 6.64. The average molecular weight is 711 g/mol. The van der Waals surface area contributed by atoms with E-state index in [1.54, 1.807) is 36.4 Å². The predicted molar refractivity (Wildman–Crippen MR) is 168 cm³/mol. The van der Waals surface area contributed by atoms with E-state index in [4.69, 9.17) is 42.4 Å². The normalized spacial score (nSPS) is 20.5. The predicted octanol–water partition coefficient (Wildman–Crippen LogP) is -1.65. The summed E-state index contributed by atoms with van der Waals surface area (Å²) in [7, 11) is -3.61. The van der Waals surface area contributed by atoms with Gasteiger partial charge in [0.15, 0.2) is 34.5 Å². The Bertz CT molecular complexity index is 1690. The lowest BCUT2D eigenvalue weighted by atomic mass is 9.78. The third-order valence-electron chi connectivity index (χ3n) is 8.44. The highest BCUT2D eigenvalue weighted by Crippen LogP contribution is 2.39. The van der Waals surface area contributed by atoms with Crippen LogP contribution in [-0.2, 0) is 14.0 Å². The minimum atomic E-state index is -1.20. The van der Waals surface area contributed by atoms with Crippen molar-refractivity contribution in [1.82, 2.24) is 0 Å². The summed E-state index contributed by atoms with van der Waals surface area (Å²) >= 11 is 0. The Morgan fingerprint density at radius 3 is 1.04 bits per heavy atom. The SMILES string of the molecule is O=[N+]([O-])CC1OB(O)c2c1ccc1c2OCO1.O=[N+]([O-])C[C@@H]1OB(O)c2c1ccc1c2OCO1.O=[N+]([O-])C[C@H]1OB(O)c2c1ccc1c2OCO1. The fourth-order valence-corrected chi connectivity index (χ4v) is 6.36. The second kappa shape index (κ2) is 13.7. The van der Waals surface area contributed by atoms with Crippen molar-refractivity contribution in [1.29, 1.82) is 0 Å². The molecule has 0 aliphatic carbocycles. The van der Waals surface area contributed by atoms with Gasteiger partial charge in [-0.2, -0.15) is 0 Å². The van der Waals surface area contributed by atoms with Crippen molar-refractivity contribution in [2.75, 3.05) is 40.0 Å². The van der Waals surface area contributed by atoms with Crippen LogP contribution in [0.15, 0.2) is 36.4 Å². The molecule has 3 N–H and O–H groups in total. The van der Waals surface area contributed by atoms with E-state index in [1.807, 2.05) is 0 Å². The smallest absolute Gasteiger partial charge is 0.454 e. The van der Waals surface area contributed by atoms with Crippen LogP contribution in [0.4, 0.5) is 0 Å². The van der Waals surface area contributed by atoms with E-state index in [-0.39, 0.29) is 40.0 Å². The Morgan fingerprint density at radius 2 is 0.784 bits per heavy atom. The van der Waals surface area contributed by atoms with Crippen molar-refractivity contribution in [3.05, 3.63) is 83.4 Å². The molecule has 6 aliphatic rings. The monoisotopic (exact) mass is 711 g/mol. The summed E-state index contributed by atoms with van der Waals surface area (Å²) < 4.78 is 46.6. The minimum Gasteiger partial charge on any atom is -0.454 e. The number of hydrogen-bond donors (Lipinski definition) is 3. The highest BCUT2D eigenvalue weighted by Gasteiger charge is 2.45. The Labute approximate surface area is 286 Å². The quantitative estimate of drug-likeness (QED) is 0.147. The molecule has 0 radical (unpaired) electrons. The highest BCUT2D eigenvalue weighted by atomic mass is 16.7. The van der Waals surface area contributed by atoms with Crippen LogP contribution in [0.3, 0.4) is 0 Å². The maximum atomic E-state index is 10.5. The lowest BCUT2D eigenvalue weighted by Gasteiger charge is -2.06. The Kier molecular flexibility index (Phi) is 9.18. The zero-order valence-corrected chi connectivity index (χ0v) is 26.0. The van der Waals surface area contributed by atoms with Gasteiger partial charge in [-0.3, -0.25) is 30.3 Å². The number of hydrogen-bond acceptors (Lipinski definition) is 18. The molecule has 51 heavy (non-hydrogen) atoms. The molecule has 24 heteroatoms. The standard InChI is InChI=1S/3C9H8BNO6/c3*12-10-8-5(7(17-10)3-11(13)14)1-2-6-9(8)16-4-15-6/h3*1-2,7,12H,3-4H2/t2*7-;/m10./s1. The average Bonchev–Trinajstić information content (AvgIpc) is 3.92. The maximum Gasteiger partial charge on any atom is 0.496 e. The third-order valence-corrected chi connectivity index (χ3v) is 8.44. The molecule has 0 saturated heterocycles. The molecule has 3 atom stereocenters. The molecule has 1 unspecified atom stereocenters. The van der Waals surface area contributed by atoms with Crippen LogP contribution in [-0.4, -0.2) is 91.2 Å². The van der Waals surface area contributed by atoms with E-state index in [0.29, 0.717) is 67.6 Å². The lowest BCUT2D eigenvalue weighted by Crippen LogP contribution is -2.29. The second-order valence-corrected chi connectivity index (χ2v) is 11.4. The molecule has 0 fully saturated rings. The van der Waals surface area contributed by atoms with E-state index in [0.717, 1.165) is 0 Å². The van der Waals surface area contributed by atoms with Crippen LogP contribution < -0.4 is 44.8 Å². The van der Waals surface area contributed by atoms with Gasteiger partial charge in [0, 0.05) is 31.2 Å². The molecular weight excluding hydrogens is 687 g/mol. The van der Waals surface area contributed by atoms with Crippen molar-refractivity contribution in [2.24, 2.45) is 0 Å². The topological polar surface area (TPSA) is 273 Å². The van der Waals surface area contributed by atoms with Crippen LogP contribution in [0, 0.1) is 30.3 Å². The van der Waals surface area contributed by atoms with Crippen LogP contribution in [0.1, 0.15) is 35.0 Å². The van der Waals surface area contributed by atoms with Crippen molar-refractivity contribution < 1.29 is 72.2 Å². The van der Waals surface area contributed by atoms with E-state index in [1.165, 1.54) is 0 Å². The van der Waals surface area contributed by atoms with Crippen LogP contribution in [0.25, 0.3) is 0 Å². The summed E-state index contributed by atoms with van der Waals surface area (Å²) in [6.07, 6.45) is -2.24. The van der Waals surface area contributed by atoms with Crippen molar-refractivity contribution in [3.8, 4) is 34.5 Å². The fourth-order valence-electron chi connectivity index (χ4n) is 6.36. The second-order valence-electron chi connectivity index (χ2n) is 11.4. The molecule has 264 valence electrons. The minimum absolute atomic E-state index is 0.0818. The number of ether oxygens (including phenoxy) is 6. The first-order chi connectivity index (χ1) is 24.5. The van der Waals surface area contributed by atoms with Gasteiger partial charge in [-0.05, 0) is 34.9 Å². The zero-order valence-electron chi connectivity index (χ0n) is 26.0. The summed E-state index contributed by atoms with van der Waals surface area (Å²) in [6, 6.07) is 9.97. The molecule has 0 spiro atoms. The van der Waals surface area contributed by atoms with E-state index < -0.39 is 54.4 Å². The summed E-state index contributed by atoms with van der Waals surface area (Å²) in [6.45, 7) is -0.910. The van der Waals surface area contributed by atoms with Gasteiger partial charge >= 0.3 is 21.4 Å². The number of rotatable bonds is 6. The van der Waals surface area contributed by atoms with Gasteiger partial charge in [0.1, 0.15) is 18.3 Å². The number of benzene rings is 3. The van der Waals surface area contributed by atoms with Crippen LogP contribution in [0.5, 0.6) is 34.5 Å². The summed E-state index contributed by atoms with van der Waals surface area (Å²) in [5.41, 5.74) is 3.06. The van der Waals surface area contributed by atoms with Gasteiger partial charge in [0.05, 0.1) is 0 Å². The van der Waals surface area contributed by atoms with E-state index in [9.17, 15) is 45.4 Å². The summed E-state index contributed by atoms with van der Waals surface area (Å²) in [5.74, 6) is 2.82. The molecule has 3 aromatic rings. The molecule has 0 aromatic heterocycles. The lowest BCUT2D eigenvalue weighted by molar-refractivity contribution is -0.490. The van der Waals surface area contributed by atoms with Gasteiger partial charge in [0.25, 0.3) is 0 Å². The van der Waals surface area contributed by atoms with Crippen LogP contribution in [0.2, 0.25) is 0 Å². The van der Waals surface area contributed by atoms with Gasteiger partial charge in [0.2, 0.25) is 40.0 Å². The first-order valence-corrected chi connectivity index (χ1v) is 15.1. The first-order valence-electron chi connectivity index (χ1n) is 15.1. The Balaban J connectivity index is 0.000000119. The van der Waals surface area contributed by atoms with Crippen LogP contribution >= 0.6 is 0 Å². The third kappa shape index (κ3) is 6.50. The van der Waals surface area contributed by atoms with E-state index in [2.05, 4.69) is 0 Å². The Hall–Kier alpha value is -5.39. The van der Waals surface area contributed by atoms with Crippen molar-refractivity contribution in [2.45, 2.75) is 18.3 Å². The zero-order chi connectivity index (χ0) is 36.0. The number of nitro groups is 3. The first kappa shape index (κ1) is 34.1. The summed E-state index contributed by atoms with van der Waals surface area (Å²) in [4.78, 5) is 30.1. The Morgan fingerprint density at radius 1 is 0.510 bits per heavy atom. The maximum absolute atomic E-state index is 10.5. The molecule has 6 aliphatic heterocycles. The largest absolute Gasteiger partial charge is 0.496 e. The van der Waals surface area contributed by atoms with Crippen molar-refractivity contribution in [3.63, 3.8) is 0 Å². The molecule has 6 heterocycles. The molecule has 9 rings (SSSR count). The molecule has 0 saturated carbocycles. The summed E-state index contributed by atoms with van der Waals surface area (Å²) in [5, 5.41) is 60.7. The number of fused-ring (bicyclic) bond motifs is 9. The molecular formula is C27H24B3N3O18. The van der Waals surface area contributed by atoms with Gasteiger partial charge in [-0.1, -0.05) is 18.2 Å². The van der Waals surface area contributed by atoms with E-state index >= 15 is 0 Å². The molecule has 3 aromatic carbocycles. The number of nitrogens with zero attached hydrogens (tertiary/aromatic N) is 3. The van der Waals surface area contributed by atoms with Gasteiger partial charge < -0.3 is 57.5 Å². The molecule has 0 bridgehead atoms. The molecule has 21 nitrogen and oxygen atoms in total. The van der Waals surface area contributed by atoms with Gasteiger partial charge in [-0.25, -0.2) is 0 Å². The van der Waals surface area contributed by atoms with Crippen molar-refractivity contribution >= 4 is 37.7 Å². The fraction of sp³-hybridized carbons (Fsp3) is 0.333.